The molecule has 0 fully saturated rings. The predicted octanol–water partition coefficient (Wildman–Crippen LogP) is 3.18. The maximum absolute atomic E-state index is 8.86. The predicted molar refractivity (Wildman–Crippen MR) is 106 cm³/mol. The van der Waals surface area contributed by atoms with Gasteiger partial charge in [-0.05, 0) is 42.3 Å². The van der Waals surface area contributed by atoms with Crippen LogP contribution in [0.2, 0.25) is 0 Å². The number of hydrogen-bond acceptors (Lipinski definition) is 5. The number of hydrogen-bond donors (Lipinski definition) is 1. The molecule has 146 valence electrons. The molecular weight excluding hydrogens is 356 g/mol. The lowest BCUT2D eigenvalue weighted by Gasteiger charge is -2.27. The first-order chi connectivity index (χ1) is 13.8. The second-order valence-corrected chi connectivity index (χ2v) is 6.83. The third-order valence-electron chi connectivity index (χ3n) is 4.90. The van der Waals surface area contributed by atoms with Crippen molar-refractivity contribution in [3.63, 3.8) is 0 Å². The Morgan fingerprint density at radius 2 is 2.07 bits per heavy atom. The molecule has 0 spiro atoms. The lowest BCUT2D eigenvalue weighted by Crippen LogP contribution is -2.25. The largest absolute Gasteiger partial charge is 0.493 e. The highest BCUT2D eigenvalue weighted by Crippen LogP contribution is 2.36. The van der Waals surface area contributed by atoms with Crippen molar-refractivity contribution in [2.75, 3.05) is 26.9 Å². The molecule has 0 aliphatic carbocycles. The van der Waals surface area contributed by atoms with Crippen LogP contribution in [0.1, 0.15) is 5.56 Å². The van der Waals surface area contributed by atoms with Crippen LogP contribution in [0.15, 0.2) is 54.9 Å². The Kier molecular flexibility index (Phi) is 5.48. The molecular formula is C22H24N2O4. The van der Waals surface area contributed by atoms with Gasteiger partial charge in [-0.3, -0.25) is 0 Å². The SMILES string of the molecule is COc1cccc2c1OCC(Cn1ccnc1-c1ccc(OCCO)cc1)C2. The third kappa shape index (κ3) is 3.82. The van der Waals surface area contributed by atoms with Crippen LogP contribution in [-0.2, 0) is 13.0 Å². The summed E-state index contributed by atoms with van der Waals surface area (Å²) in [5.74, 6) is 3.68. The van der Waals surface area contributed by atoms with Gasteiger partial charge in [0.1, 0.15) is 18.2 Å². The van der Waals surface area contributed by atoms with Gasteiger partial charge in [-0.25, -0.2) is 4.98 Å². The third-order valence-corrected chi connectivity index (χ3v) is 4.90. The standard InChI is InChI=1S/C22H24N2O4/c1-26-20-4-2-3-18-13-16(15-28-21(18)20)14-24-10-9-23-22(24)17-5-7-19(8-6-17)27-12-11-25/h2-10,16,25H,11-15H2,1H3. The minimum Gasteiger partial charge on any atom is -0.493 e. The second kappa shape index (κ2) is 8.35. The van der Waals surface area contributed by atoms with Gasteiger partial charge in [0.15, 0.2) is 11.5 Å². The average molecular weight is 380 g/mol. The zero-order chi connectivity index (χ0) is 19.3. The molecule has 1 aliphatic rings. The van der Waals surface area contributed by atoms with E-state index in [9.17, 15) is 0 Å². The molecule has 2 aromatic carbocycles. The van der Waals surface area contributed by atoms with E-state index in [0.717, 1.165) is 41.6 Å². The van der Waals surface area contributed by atoms with Gasteiger partial charge in [-0.2, -0.15) is 0 Å². The Balaban J connectivity index is 1.48. The fraction of sp³-hybridized carbons (Fsp3) is 0.318. The molecule has 2 heterocycles. The molecule has 1 aliphatic heterocycles. The molecule has 3 aromatic rings. The molecule has 1 N–H and O–H groups in total. The van der Waals surface area contributed by atoms with Crippen molar-refractivity contribution >= 4 is 0 Å². The second-order valence-electron chi connectivity index (χ2n) is 6.83. The van der Waals surface area contributed by atoms with Gasteiger partial charge in [-0.15, -0.1) is 0 Å². The number of aliphatic hydroxyl groups excluding tert-OH is 1. The molecule has 1 atom stereocenters. The van der Waals surface area contributed by atoms with Crippen LogP contribution in [0.25, 0.3) is 11.4 Å². The molecule has 28 heavy (non-hydrogen) atoms. The molecule has 0 radical (unpaired) electrons. The maximum atomic E-state index is 8.86. The highest BCUT2D eigenvalue weighted by molar-refractivity contribution is 5.57. The van der Waals surface area contributed by atoms with E-state index in [-0.39, 0.29) is 6.61 Å². The highest BCUT2D eigenvalue weighted by atomic mass is 16.5. The molecule has 0 amide bonds. The summed E-state index contributed by atoms with van der Waals surface area (Å²) in [4.78, 5) is 4.54. The first kappa shape index (κ1) is 18.4. The number of para-hydroxylation sites is 1. The van der Waals surface area contributed by atoms with Crippen molar-refractivity contribution < 1.29 is 19.3 Å². The van der Waals surface area contributed by atoms with Crippen molar-refractivity contribution in [2.24, 2.45) is 5.92 Å². The van der Waals surface area contributed by atoms with Gasteiger partial charge in [0.2, 0.25) is 0 Å². The van der Waals surface area contributed by atoms with E-state index in [1.165, 1.54) is 5.56 Å². The molecule has 0 bridgehead atoms. The Morgan fingerprint density at radius 1 is 1.21 bits per heavy atom. The first-order valence-electron chi connectivity index (χ1n) is 9.42. The number of fused-ring (bicyclic) bond motifs is 1. The number of ether oxygens (including phenoxy) is 3. The van der Waals surface area contributed by atoms with Gasteiger partial charge in [0, 0.05) is 30.4 Å². The Bertz CT molecular complexity index is 921. The van der Waals surface area contributed by atoms with Crippen molar-refractivity contribution in [1.29, 1.82) is 0 Å². The fourth-order valence-electron chi connectivity index (χ4n) is 3.59. The Labute approximate surface area is 164 Å². The summed E-state index contributed by atoms with van der Waals surface area (Å²) in [7, 11) is 1.67. The average Bonchev–Trinajstić information content (AvgIpc) is 3.20. The van der Waals surface area contributed by atoms with E-state index in [1.807, 2.05) is 48.8 Å². The van der Waals surface area contributed by atoms with Crippen molar-refractivity contribution in [3.05, 3.63) is 60.4 Å². The highest BCUT2D eigenvalue weighted by Gasteiger charge is 2.23. The van der Waals surface area contributed by atoms with E-state index in [0.29, 0.717) is 19.1 Å². The fourth-order valence-corrected chi connectivity index (χ4v) is 3.59. The summed E-state index contributed by atoms with van der Waals surface area (Å²) >= 11 is 0. The summed E-state index contributed by atoms with van der Waals surface area (Å²) < 4.78 is 19.0. The van der Waals surface area contributed by atoms with E-state index < -0.39 is 0 Å². The number of aliphatic hydroxyl groups is 1. The Morgan fingerprint density at radius 3 is 2.86 bits per heavy atom. The molecule has 4 rings (SSSR count). The van der Waals surface area contributed by atoms with Crippen LogP contribution in [0.3, 0.4) is 0 Å². The smallest absolute Gasteiger partial charge is 0.164 e. The molecule has 1 unspecified atom stereocenters. The van der Waals surface area contributed by atoms with Gasteiger partial charge in [-0.1, -0.05) is 12.1 Å². The van der Waals surface area contributed by atoms with E-state index >= 15 is 0 Å². The molecule has 6 nitrogen and oxygen atoms in total. The topological polar surface area (TPSA) is 65.7 Å². The van der Waals surface area contributed by atoms with Crippen LogP contribution >= 0.6 is 0 Å². The van der Waals surface area contributed by atoms with Crippen molar-refractivity contribution in [1.82, 2.24) is 9.55 Å². The number of rotatable bonds is 7. The minimum absolute atomic E-state index is 0.00458. The van der Waals surface area contributed by atoms with Crippen LogP contribution < -0.4 is 14.2 Å². The number of benzene rings is 2. The zero-order valence-corrected chi connectivity index (χ0v) is 15.9. The lowest BCUT2D eigenvalue weighted by molar-refractivity contribution is 0.198. The maximum Gasteiger partial charge on any atom is 0.164 e. The van der Waals surface area contributed by atoms with Crippen LogP contribution in [0.4, 0.5) is 0 Å². The van der Waals surface area contributed by atoms with Gasteiger partial charge < -0.3 is 23.9 Å². The summed E-state index contributed by atoms with van der Waals surface area (Å²) in [6, 6.07) is 13.8. The Hall–Kier alpha value is -2.99. The molecule has 6 heteroatoms. The van der Waals surface area contributed by atoms with Crippen LogP contribution in [0, 0.1) is 5.92 Å². The van der Waals surface area contributed by atoms with Crippen LogP contribution in [0.5, 0.6) is 17.2 Å². The number of methoxy groups -OCH3 is 1. The number of imidazole rings is 1. The number of aromatic nitrogens is 2. The van der Waals surface area contributed by atoms with Gasteiger partial charge in [0.25, 0.3) is 0 Å². The number of nitrogens with zero attached hydrogens (tertiary/aromatic N) is 2. The minimum atomic E-state index is 0.00458. The summed E-state index contributed by atoms with van der Waals surface area (Å²) in [6.45, 7) is 1.78. The summed E-state index contributed by atoms with van der Waals surface area (Å²) in [5, 5.41) is 8.86. The van der Waals surface area contributed by atoms with Gasteiger partial charge >= 0.3 is 0 Å². The molecule has 0 saturated heterocycles. The normalized spacial score (nSPS) is 15.6. The molecule has 0 saturated carbocycles. The van der Waals surface area contributed by atoms with E-state index in [1.54, 1.807) is 7.11 Å². The van der Waals surface area contributed by atoms with Crippen molar-refractivity contribution in [3.8, 4) is 28.6 Å². The first-order valence-corrected chi connectivity index (χ1v) is 9.42. The lowest BCUT2D eigenvalue weighted by atomic mass is 9.96. The zero-order valence-electron chi connectivity index (χ0n) is 15.9. The van der Waals surface area contributed by atoms with E-state index in [4.69, 9.17) is 19.3 Å². The van der Waals surface area contributed by atoms with Gasteiger partial charge in [0.05, 0.1) is 20.3 Å². The van der Waals surface area contributed by atoms with Crippen LogP contribution in [-0.4, -0.2) is 41.6 Å². The monoisotopic (exact) mass is 380 g/mol. The quantitative estimate of drug-likeness (QED) is 0.682. The summed E-state index contributed by atoms with van der Waals surface area (Å²) in [5.41, 5.74) is 2.21. The molecule has 1 aromatic heterocycles. The van der Waals surface area contributed by atoms with E-state index in [2.05, 4.69) is 15.6 Å². The van der Waals surface area contributed by atoms with Crippen molar-refractivity contribution in [2.45, 2.75) is 13.0 Å². The summed E-state index contributed by atoms with van der Waals surface area (Å²) in [6.07, 6.45) is 4.77.